The van der Waals surface area contributed by atoms with Gasteiger partial charge in [-0.05, 0) is 54.7 Å². The molecule has 0 saturated carbocycles. The van der Waals surface area contributed by atoms with Crippen LogP contribution < -0.4 is 4.90 Å². The lowest BCUT2D eigenvalue weighted by atomic mass is 9.83. The predicted octanol–water partition coefficient (Wildman–Crippen LogP) is 6.34. The number of rotatable bonds is 0. The highest BCUT2D eigenvalue weighted by Gasteiger charge is 2.29. The third-order valence-electron chi connectivity index (χ3n) is 4.63. The van der Waals surface area contributed by atoms with Gasteiger partial charge in [0.05, 0.1) is 0 Å². The van der Waals surface area contributed by atoms with Crippen LogP contribution in [0.15, 0.2) is 18.2 Å². The van der Waals surface area contributed by atoms with Gasteiger partial charge in [0.2, 0.25) is 0 Å². The summed E-state index contributed by atoms with van der Waals surface area (Å²) in [5.74, 6) is 0. The average molecular weight is 304 g/mol. The van der Waals surface area contributed by atoms with Crippen LogP contribution >= 0.6 is 0 Å². The van der Waals surface area contributed by atoms with Crippen molar-refractivity contribution in [3.63, 3.8) is 0 Å². The van der Waals surface area contributed by atoms with Crippen molar-refractivity contribution in [3.05, 3.63) is 29.3 Å². The van der Waals surface area contributed by atoms with E-state index in [0.717, 1.165) is 6.04 Å². The maximum Gasteiger partial charge on any atom is 0.0401 e. The Hall–Kier alpha value is -0.980. The second-order valence-electron chi connectivity index (χ2n) is 6.98. The number of hydrogen-bond donors (Lipinski definition) is 0. The van der Waals surface area contributed by atoms with Crippen LogP contribution in [0.2, 0.25) is 0 Å². The standard InChI is InChI=1S/C17H25N.2C2H6/c1-17(2,3)14-8-10-16-13(12-14)7-9-15-6-4-5-11-18(15)16;2*1-2/h8,10,12,15H,4-7,9,11H2,1-3H3;2*1-2H3. The van der Waals surface area contributed by atoms with Gasteiger partial charge in [-0.1, -0.05) is 60.6 Å². The first-order valence-electron chi connectivity index (χ1n) is 9.46. The zero-order chi connectivity index (χ0) is 16.8. The maximum absolute atomic E-state index is 2.68. The molecular formula is C21H37N. The SMILES string of the molecule is CC.CC.CC(C)(C)c1ccc2c(c1)CCC1CCCCN21. The van der Waals surface area contributed by atoms with E-state index in [1.807, 2.05) is 27.7 Å². The smallest absolute Gasteiger partial charge is 0.0401 e. The fourth-order valence-electron chi connectivity index (χ4n) is 3.47. The van der Waals surface area contributed by atoms with E-state index in [2.05, 4.69) is 43.9 Å². The first kappa shape index (κ1) is 19.1. The molecule has 1 atom stereocenters. The van der Waals surface area contributed by atoms with E-state index >= 15 is 0 Å². The molecule has 1 aromatic rings. The number of nitrogens with zero attached hydrogens (tertiary/aromatic N) is 1. The highest BCUT2D eigenvalue weighted by molar-refractivity contribution is 5.58. The third-order valence-corrected chi connectivity index (χ3v) is 4.63. The molecule has 3 rings (SSSR count). The van der Waals surface area contributed by atoms with Gasteiger partial charge in [0.15, 0.2) is 0 Å². The van der Waals surface area contributed by atoms with E-state index in [4.69, 9.17) is 0 Å². The molecule has 1 unspecified atom stereocenters. The van der Waals surface area contributed by atoms with Crippen LogP contribution in [0.25, 0.3) is 0 Å². The van der Waals surface area contributed by atoms with Gasteiger partial charge in [0.25, 0.3) is 0 Å². The lowest BCUT2D eigenvalue weighted by Gasteiger charge is -2.42. The summed E-state index contributed by atoms with van der Waals surface area (Å²) in [5.41, 5.74) is 4.87. The normalized spacial score (nSPS) is 19.8. The van der Waals surface area contributed by atoms with Gasteiger partial charge < -0.3 is 4.90 Å². The molecule has 1 heteroatoms. The van der Waals surface area contributed by atoms with Crippen LogP contribution in [0.5, 0.6) is 0 Å². The van der Waals surface area contributed by atoms with Gasteiger partial charge in [0.1, 0.15) is 0 Å². The van der Waals surface area contributed by atoms with Crippen LogP contribution in [0.3, 0.4) is 0 Å². The summed E-state index contributed by atoms with van der Waals surface area (Å²) in [5, 5.41) is 0. The van der Waals surface area contributed by atoms with Gasteiger partial charge in [-0.25, -0.2) is 0 Å². The van der Waals surface area contributed by atoms with Gasteiger partial charge in [-0.2, -0.15) is 0 Å². The summed E-state index contributed by atoms with van der Waals surface area (Å²) >= 11 is 0. The highest BCUT2D eigenvalue weighted by Crippen LogP contribution is 2.37. The summed E-state index contributed by atoms with van der Waals surface area (Å²) in [4.78, 5) is 2.68. The van der Waals surface area contributed by atoms with Crippen LogP contribution in [0, 0.1) is 0 Å². The first-order chi connectivity index (χ1) is 10.6. The van der Waals surface area contributed by atoms with Gasteiger partial charge >= 0.3 is 0 Å². The van der Waals surface area contributed by atoms with Gasteiger partial charge in [-0.15, -0.1) is 0 Å². The van der Waals surface area contributed by atoms with Crippen molar-refractivity contribution in [2.75, 3.05) is 11.4 Å². The zero-order valence-electron chi connectivity index (χ0n) is 16.0. The Morgan fingerprint density at radius 2 is 1.64 bits per heavy atom. The number of hydrogen-bond acceptors (Lipinski definition) is 1. The Balaban J connectivity index is 0.000000561. The molecule has 0 radical (unpaired) electrons. The van der Waals surface area contributed by atoms with Crippen molar-refractivity contribution in [2.24, 2.45) is 0 Å². The second-order valence-corrected chi connectivity index (χ2v) is 6.98. The summed E-state index contributed by atoms with van der Waals surface area (Å²) in [6.45, 7) is 16.2. The Kier molecular flexibility index (Phi) is 7.45. The van der Waals surface area contributed by atoms with Crippen molar-refractivity contribution >= 4 is 5.69 Å². The fourth-order valence-corrected chi connectivity index (χ4v) is 3.47. The molecule has 1 saturated heterocycles. The van der Waals surface area contributed by atoms with Crippen molar-refractivity contribution in [1.82, 2.24) is 0 Å². The number of benzene rings is 1. The molecule has 0 bridgehead atoms. The molecule has 2 heterocycles. The monoisotopic (exact) mass is 303 g/mol. The van der Waals surface area contributed by atoms with Crippen LogP contribution in [-0.2, 0) is 11.8 Å². The van der Waals surface area contributed by atoms with Crippen molar-refractivity contribution < 1.29 is 0 Å². The van der Waals surface area contributed by atoms with Gasteiger partial charge in [0, 0.05) is 18.3 Å². The Labute approximate surface area is 139 Å². The van der Waals surface area contributed by atoms with Crippen molar-refractivity contribution in [2.45, 2.75) is 92.0 Å². The van der Waals surface area contributed by atoms with E-state index in [1.165, 1.54) is 49.9 Å². The molecule has 1 fully saturated rings. The summed E-state index contributed by atoms with van der Waals surface area (Å²) in [6, 6.07) is 8.01. The number of anilines is 1. The summed E-state index contributed by atoms with van der Waals surface area (Å²) in [7, 11) is 0. The first-order valence-corrected chi connectivity index (χ1v) is 9.46. The molecular weight excluding hydrogens is 266 g/mol. The number of piperidine rings is 1. The quantitative estimate of drug-likeness (QED) is 0.540. The van der Waals surface area contributed by atoms with Crippen molar-refractivity contribution in [3.8, 4) is 0 Å². The molecule has 0 N–H and O–H groups in total. The summed E-state index contributed by atoms with van der Waals surface area (Å²) in [6.07, 6.45) is 6.84. The molecule has 0 amide bonds. The lowest BCUT2D eigenvalue weighted by molar-refractivity contribution is 0.423. The minimum atomic E-state index is 0.272. The predicted molar refractivity (Wildman–Crippen MR) is 101 cm³/mol. The minimum Gasteiger partial charge on any atom is -0.368 e. The Bertz CT molecular complexity index is 442. The van der Waals surface area contributed by atoms with Crippen LogP contribution in [-0.4, -0.2) is 12.6 Å². The van der Waals surface area contributed by atoms with E-state index in [9.17, 15) is 0 Å². The van der Waals surface area contributed by atoms with E-state index < -0.39 is 0 Å². The molecule has 0 aliphatic carbocycles. The molecule has 22 heavy (non-hydrogen) atoms. The third kappa shape index (κ3) is 4.27. The molecule has 0 spiro atoms. The Morgan fingerprint density at radius 1 is 0.955 bits per heavy atom. The summed E-state index contributed by atoms with van der Waals surface area (Å²) < 4.78 is 0. The van der Waals surface area contributed by atoms with Crippen LogP contribution in [0.4, 0.5) is 5.69 Å². The van der Waals surface area contributed by atoms with E-state index in [0.29, 0.717) is 0 Å². The molecule has 1 aromatic carbocycles. The maximum atomic E-state index is 2.68. The molecule has 126 valence electrons. The zero-order valence-corrected chi connectivity index (χ0v) is 16.0. The minimum absolute atomic E-state index is 0.272. The number of fused-ring (bicyclic) bond motifs is 3. The van der Waals surface area contributed by atoms with Crippen LogP contribution in [0.1, 0.15) is 85.3 Å². The topological polar surface area (TPSA) is 3.24 Å². The van der Waals surface area contributed by atoms with Crippen molar-refractivity contribution in [1.29, 1.82) is 0 Å². The fraction of sp³-hybridized carbons (Fsp3) is 0.714. The molecule has 2 aliphatic heterocycles. The largest absolute Gasteiger partial charge is 0.368 e. The Morgan fingerprint density at radius 3 is 2.27 bits per heavy atom. The molecule has 1 nitrogen and oxygen atoms in total. The highest BCUT2D eigenvalue weighted by atomic mass is 15.2. The van der Waals surface area contributed by atoms with E-state index in [1.54, 1.807) is 5.56 Å². The van der Waals surface area contributed by atoms with E-state index in [-0.39, 0.29) is 5.41 Å². The van der Waals surface area contributed by atoms with Gasteiger partial charge in [-0.3, -0.25) is 0 Å². The second kappa shape index (κ2) is 8.60. The molecule has 0 aromatic heterocycles. The average Bonchev–Trinajstić information content (AvgIpc) is 2.57. The molecule has 2 aliphatic rings. The number of aryl methyl sites for hydroxylation is 1. The lowest BCUT2D eigenvalue weighted by Crippen LogP contribution is -2.42.